The number of nitrogens with zero attached hydrogens (tertiary/aromatic N) is 2. The van der Waals surface area contributed by atoms with E-state index < -0.39 is 18.7 Å². The zero-order valence-electron chi connectivity index (χ0n) is 13.1. The third-order valence-electron chi connectivity index (χ3n) is 3.72. The van der Waals surface area contributed by atoms with Crippen LogP contribution in [0.3, 0.4) is 0 Å². The van der Waals surface area contributed by atoms with Crippen LogP contribution in [0.4, 0.5) is 13.2 Å². The molecule has 8 heteroatoms. The lowest BCUT2D eigenvalue weighted by Gasteiger charge is -2.07. The summed E-state index contributed by atoms with van der Waals surface area (Å²) in [5.74, 6) is -1.01. The van der Waals surface area contributed by atoms with Crippen LogP contribution in [0.15, 0.2) is 42.5 Å². The summed E-state index contributed by atoms with van der Waals surface area (Å²) in [6, 6.07) is 11.4. The highest BCUT2D eigenvalue weighted by atomic mass is 19.4. The van der Waals surface area contributed by atoms with Gasteiger partial charge in [-0.1, -0.05) is 12.1 Å². The van der Waals surface area contributed by atoms with Crippen molar-refractivity contribution in [1.82, 2.24) is 14.8 Å². The quantitative estimate of drug-likeness (QED) is 0.744. The number of aryl methyl sites for hydroxylation is 1. The molecule has 0 bridgehead atoms. The molecule has 0 spiro atoms. The number of hydrogen-bond acceptors (Lipinski definition) is 2. The van der Waals surface area contributed by atoms with E-state index in [2.05, 4.69) is 10.1 Å². The van der Waals surface area contributed by atoms with Crippen LogP contribution >= 0.6 is 0 Å². The third kappa shape index (κ3) is 3.73. The highest BCUT2D eigenvalue weighted by Crippen LogP contribution is 2.26. The van der Waals surface area contributed by atoms with E-state index in [9.17, 15) is 18.0 Å². The van der Waals surface area contributed by atoms with Gasteiger partial charge in [0.25, 0.3) is 0 Å². The first-order valence-corrected chi connectivity index (χ1v) is 7.37. The van der Waals surface area contributed by atoms with Crippen LogP contribution in [-0.4, -0.2) is 32.0 Å². The highest BCUT2D eigenvalue weighted by molar-refractivity contribution is 5.88. The molecule has 0 atom stereocenters. The molecule has 25 heavy (non-hydrogen) atoms. The Labute approximate surface area is 140 Å². The molecule has 0 aliphatic carbocycles. The molecule has 130 valence electrons. The Hall–Kier alpha value is -3.03. The number of benzene rings is 1. The van der Waals surface area contributed by atoms with Crippen LogP contribution in [0.5, 0.6) is 0 Å². The lowest BCUT2D eigenvalue weighted by atomic mass is 10.1. The van der Waals surface area contributed by atoms with E-state index in [1.54, 1.807) is 37.3 Å². The van der Waals surface area contributed by atoms with Gasteiger partial charge in [0, 0.05) is 11.4 Å². The fourth-order valence-electron chi connectivity index (χ4n) is 2.48. The zero-order chi connectivity index (χ0) is 18.2. The van der Waals surface area contributed by atoms with Crippen molar-refractivity contribution in [2.24, 2.45) is 0 Å². The number of alkyl halides is 3. The topological polar surface area (TPSA) is 70.9 Å². The second-order valence-corrected chi connectivity index (χ2v) is 5.61. The normalized spacial score (nSPS) is 11.7. The predicted molar refractivity (Wildman–Crippen MR) is 85.2 cm³/mol. The molecule has 0 aliphatic rings. The van der Waals surface area contributed by atoms with Gasteiger partial charge in [-0.3, -0.25) is 4.68 Å². The van der Waals surface area contributed by atoms with E-state index in [-0.39, 0.29) is 5.56 Å². The van der Waals surface area contributed by atoms with E-state index in [0.29, 0.717) is 17.1 Å². The summed E-state index contributed by atoms with van der Waals surface area (Å²) in [6.07, 6.45) is -4.33. The van der Waals surface area contributed by atoms with Crippen molar-refractivity contribution in [3.63, 3.8) is 0 Å². The molecule has 5 nitrogen and oxygen atoms in total. The number of aromatic nitrogens is 3. The number of carboxylic acids is 1. The van der Waals surface area contributed by atoms with E-state index in [1.807, 2.05) is 0 Å². The van der Waals surface area contributed by atoms with E-state index in [0.717, 1.165) is 15.9 Å². The number of aromatic carboxylic acids is 1. The first kappa shape index (κ1) is 16.8. The van der Waals surface area contributed by atoms with Gasteiger partial charge >= 0.3 is 12.1 Å². The summed E-state index contributed by atoms with van der Waals surface area (Å²) in [5.41, 5.74) is 3.07. The smallest absolute Gasteiger partial charge is 0.408 e. The van der Waals surface area contributed by atoms with Crippen molar-refractivity contribution < 1.29 is 23.1 Å². The molecule has 3 rings (SSSR count). The van der Waals surface area contributed by atoms with E-state index >= 15 is 0 Å². The van der Waals surface area contributed by atoms with Crippen LogP contribution in [-0.2, 0) is 6.54 Å². The number of H-pyrrole nitrogens is 1. The third-order valence-corrected chi connectivity index (χ3v) is 3.72. The summed E-state index contributed by atoms with van der Waals surface area (Å²) < 4.78 is 38.5. The summed E-state index contributed by atoms with van der Waals surface area (Å²) in [5, 5.41) is 12.9. The maximum Gasteiger partial charge on any atom is 0.408 e. The van der Waals surface area contributed by atoms with Gasteiger partial charge in [-0.15, -0.1) is 0 Å². The average molecular weight is 349 g/mol. The molecule has 0 radical (unpaired) electrons. The van der Waals surface area contributed by atoms with Gasteiger partial charge < -0.3 is 10.1 Å². The standard InChI is InChI=1S/C17H14F3N3O2/c1-10-8-15(22-23(10)9-17(18,19)20)14-7-6-13(21-14)11-2-4-12(5-3-11)16(24)25/h2-8,21H,9H2,1H3,(H,24,25). The van der Waals surface area contributed by atoms with Crippen molar-refractivity contribution in [3.8, 4) is 22.6 Å². The number of halogens is 3. The molecule has 1 aromatic carbocycles. The first-order valence-electron chi connectivity index (χ1n) is 7.37. The summed E-state index contributed by atoms with van der Waals surface area (Å²) in [6.45, 7) is 0.430. The summed E-state index contributed by atoms with van der Waals surface area (Å²) in [4.78, 5) is 14.0. The fraction of sp³-hybridized carbons (Fsp3) is 0.176. The Morgan fingerprint density at radius 3 is 2.40 bits per heavy atom. The molecule has 2 N–H and O–H groups in total. The zero-order valence-corrected chi connectivity index (χ0v) is 13.1. The lowest BCUT2D eigenvalue weighted by Crippen LogP contribution is -2.19. The minimum Gasteiger partial charge on any atom is -0.478 e. The maximum atomic E-state index is 12.5. The Morgan fingerprint density at radius 2 is 1.80 bits per heavy atom. The van der Waals surface area contributed by atoms with Crippen molar-refractivity contribution in [2.45, 2.75) is 19.6 Å². The molecule has 2 aromatic heterocycles. The predicted octanol–water partition coefficient (Wildman–Crippen LogP) is 4.11. The Morgan fingerprint density at radius 1 is 1.16 bits per heavy atom. The van der Waals surface area contributed by atoms with Crippen molar-refractivity contribution in [2.75, 3.05) is 0 Å². The van der Waals surface area contributed by atoms with Crippen LogP contribution < -0.4 is 0 Å². The van der Waals surface area contributed by atoms with E-state index in [4.69, 9.17) is 5.11 Å². The van der Waals surface area contributed by atoms with Crippen molar-refractivity contribution in [3.05, 3.63) is 53.7 Å². The Kier molecular flexibility index (Phi) is 4.12. The molecule has 0 fully saturated rings. The molecule has 3 aromatic rings. The SMILES string of the molecule is Cc1cc(-c2ccc(-c3ccc(C(=O)O)cc3)[nH]2)nn1CC(F)(F)F. The van der Waals surface area contributed by atoms with Gasteiger partial charge in [0.05, 0.1) is 11.3 Å². The van der Waals surface area contributed by atoms with Crippen LogP contribution in [0.25, 0.3) is 22.6 Å². The molecule has 0 saturated carbocycles. The van der Waals surface area contributed by atoms with Crippen molar-refractivity contribution in [1.29, 1.82) is 0 Å². The first-order chi connectivity index (χ1) is 11.7. The summed E-state index contributed by atoms with van der Waals surface area (Å²) in [7, 11) is 0. The van der Waals surface area contributed by atoms with Gasteiger partial charge in [-0.25, -0.2) is 4.79 Å². The van der Waals surface area contributed by atoms with Gasteiger partial charge in [0.15, 0.2) is 0 Å². The lowest BCUT2D eigenvalue weighted by molar-refractivity contribution is -0.142. The molecule has 2 heterocycles. The molecule has 0 amide bonds. The minimum absolute atomic E-state index is 0.178. The molecule has 0 saturated heterocycles. The molecule has 0 unspecified atom stereocenters. The van der Waals surface area contributed by atoms with Gasteiger partial charge in [0.2, 0.25) is 0 Å². The second-order valence-electron chi connectivity index (χ2n) is 5.61. The number of carbonyl (C=O) groups is 1. The monoisotopic (exact) mass is 349 g/mol. The number of aromatic amines is 1. The molecular weight excluding hydrogens is 335 g/mol. The van der Waals surface area contributed by atoms with Gasteiger partial charge in [-0.2, -0.15) is 18.3 Å². The number of carboxylic acid groups (broad SMARTS) is 1. The van der Waals surface area contributed by atoms with Crippen LogP contribution in [0, 0.1) is 6.92 Å². The largest absolute Gasteiger partial charge is 0.478 e. The maximum absolute atomic E-state index is 12.5. The van der Waals surface area contributed by atoms with Gasteiger partial charge in [-0.05, 0) is 42.8 Å². The minimum atomic E-state index is -4.33. The fourth-order valence-corrected chi connectivity index (χ4v) is 2.48. The number of nitrogens with one attached hydrogen (secondary N) is 1. The van der Waals surface area contributed by atoms with Gasteiger partial charge in [0.1, 0.15) is 12.2 Å². The number of rotatable bonds is 4. The second kappa shape index (κ2) is 6.12. The van der Waals surface area contributed by atoms with Crippen LogP contribution in [0.2, 0.25) is 0 Å². The number of hydrogen-bond donors (Lipinski definition) is 2. The average Bonchev–Trinajstić information content (AvgIpc) is 3.14. The van der Waals surface area contributed by atoms with E-state index in [1.165, 1.54) is 12.1 Å². The Balaban J connectivity index is 1.86. The molecule has 0 aliphatic heterocycles. The van der Waals surface area contributed by atoms with Crippen LogP contribution in [0.1, 0.15) is 16.1 Å². The Bertz CT molecular complexity index is 908. The molecular formula is C17H14F3N3O2. The highest BCUT2D eigenvalue weighted by Gasteiger charge is 2.29. The van der Waals surface area contributed by atoms with Crippen molar-refractivity contribution >= 4 is 5.97 Å². The summed E-state index contributed by atoms with van der Waals surface area (Å²) >= 11 is 0.